The summed E-state index contributed by atoms with van der Waals surface area (Å²) >= 11 is 0. The highest BCUT2D eigenvalue weighted by atomic mass is 16.5. The monoisotopic (exact) mass is 340 g/mol. The van der Waals surface area contributed by atoms with Crippen LogP contribution in [0.5, 0.6) is 0 Å². The number of aryl methyl sites for hydroxylation is 1. The summed E-state index contributed by atoms with van der Waals surface area (Å²) in [6.45, 7) is 1.79. The minimum absolute atomic E-state index is 0.0249. The molecule has 1 heterocycles. The number of hydrogen-bond donors (Lipinski definition) is 1. The minimum atomic E-state index is -0.151. The summed E-state index contributed by atoms with van der Waals surface area (Å²) in [4.78, 5) is 15.0. The van der Waals surface area contributed by atoms with Crippen LogP contribution in [-0.2, 0) is 0 Å². The third-order valence-electron chi connectivity index (χ3n) is 5.96. The van der Waals surface area contributed by atoms with E-state index >= 15 is 0 Å². The number of amides is 1. The Kier molecular flexibility index (Phi) is 4.12. The van der Waals surface area contributed by atoms with E-state index in [-0.39, 0.29) is 18.1 Å². The Morgan fingerprint density at radius 1 is 1.16 bits per heavy atom. The second-order valence-electron chi connectivity index (χ2n) is 7.52. The first-order valence-corrected chi connectivity index (χ1v) is 9.01. The Bertz CT molecular complexity index is 757. The molecule has 4 atom stereocenters. The van der Waals surface area contributed by atoms with Gasteiger partial charge in [-0.1, -0.05) is 35.5 Å². The number of aliphatic hydroxyl groups is 1. The molecule has 0 radical (unpaired) electrons. The van der Waals surface area contributed by atoms with Gasteiger partial charge in [0.15, 0.2) is 0 Å². The van der Waals surface area contributed by atoms with Crippen LogP contribution >= 0.6 is 0 Å². The smallest absolute Gasteiger partial charge is 0.259 e. The first-order valence-electron chi connectivity index (χ1n) is 9.01. The van der Waals surface area contributed by atoms with E-state index in [1.54, 1.807) is 6.92 Å². The van der Waals surface area contributed by atoms with E-state index in [2.05, 4.69) is 5.16 Å². The highest BCUT2D eigenvalue weighted by molar-refractivity contribution is 6.00. The number of carbonyl (C=O) groups is 1. The maximum atomic E-state index is 13.2. The van der Waals surface area contributed by atoms with E-state index < -0.39 is 0 Å². The molecule has 0 bridgehead atoms. The van der Waals surface area contributed by atoms with Crippen molar-refractivity contribution in [2.75, 3.05) is 7.05 Å². The molecule has 2 saturated carbocycles. The van der Waals surface area contributed by atoms with E-state index in [4.69, 9.17) is 4.52 Å². The van der Waals surface area contributed by atoms with Crippen LogP contribution in [0.3, 0.4) is 0 Å². The topological polar surface area (TPSA) is 66.6 Å². The summed E-state index contributed by atoms with van der Waals surface area (Å²) in [5, 5.41) is 13.9. The van der Waals surface area contributed by atoms with Gasteiger partial charge in [0, 0.05) is 18.7 Å². The summed E-state index contributed by atoms with van der Waals surface area (Å²) < 4.78 is 5.34. The fraction of sp³-hybridized carbons (Fsp3) is 0.500. The predicted molar refractivity (Wildman–Crippen MR) is 94.0 cm³/mol. The Morgan fingerprint density at radius 3 is 2.44 bits per heavy atom. The Morgan fingerprint density at radius 2 is 1.80 bits per heavy atom. The van der Waals surface area contributed by atoms with Gasteiger partial charge in [0.2, 0.25) is 0 Å². The zero-order chi connectivity index (χ0) is 17.6. The molecule has 2 aliphatic rings. The van der Waals surface area contributed by atoms with Gasteiger partial charge in [0.25, 0.3) is 5.91 Å². The number of carbonyl (C=O) groups excluding carboxylic acids is 1. The summed E-state index contributed by atoms with van der Waals surface area (Å²) in [5.41, 5.74) is 2.07. The van der Waals surface area contributed by atoms with Crippen molar-refractivity contribution in [3.8, 4) is 11.3 Å². The largest absolute Gasteiger partial charge is 0.393 e. The lowest BCUT2D eigenvalue weighted by Crippen LogP contribution is -2.36. The molecule has 1 aromatic heterocycles. The zero-order valence-corrected chi connectivity index (χ0v) is 14.7. The number of hydrogen-bond acceptors (Lipinski definition) is 4. The second-order valence-corrected chi connectivity index (χ2v) is 7.52. The molecule has 4 rings (SSSR count). The Hall–Kier alpha value is -2.14. The van der Waals surface area contributed by atoms with Crippen LogP contribution < -0.4 is 0 Å². The van der Waals surface area contributed by atoms with Crippen LogP contribution in [0.4, 0.5) is 0 Å². The molecular weight excluding hydrogens is 316 g/mol. The van der Waals surface area contributed by atoms with E-state index in [9.17, 15) is 9.90 Å². The van der Waals surface area contributed by atoms with Gasteiger partial charge in [-0.15, -0.1) is 0 Å². The second kappa shape index (κ2) is 6.30. The first-order chi connectivity index (χ1) is 12.0. The van der Waals surface area contributed by atoms with E-state index in [1.807, 2.05) is 42.3 Å². The lowest BCUT2D eigenvalue weighted by molar-refractivity contribution is 0.0721. The lowest BCUT2D eigenvalue weighted by Gasteiger charge is -2.25. The van der Waals surface area contributed by atoms with Crippen molar-refractivity contribution in [1.29, 1.82) is 0 Å². The molecule has 1 aromatic carbocycles. The SMILES string of the molecule is Cc1onc(-c2ccccc2)c1C(=O)N(C)C1C[C@H]2CC(O)C[C@H]2C1. The zero-order valence-electron chi connectivity index (χ0n) is 14.7. The molecule has 1 N–H and O–H groups in total. The van der Waals surface area contributed by atoms with Crippen LogP contribution in [0.1, 0.15) is 41.8 Å². The number of nitrogens with zero attached hydrogens (tertiary/aromatic N) is 2. The molecule has 2 fully saturated rings. The van der Waals surface area contributed by atoms with Crippen molar-refractivity contribution in [1.82, 2.24) is 10.1 Å². The Balaban J connectivity index is 1.57. The standard InChI is InChI=1S/C20H24N2O3/c1-12-18(19(21-25-12)13-6-4-3-5-7-13)20(24)22(2)16-8-14-10-17(23)11-15(14)9-16/h3-7,14-17,23H,8-11H2,1-2H3/t14-,15+,16?,17?. The van der Waals surface area contributed by atoms with Gasteiger partial charge < -0.3 is 14.5 Å². The molecule has 1 amide bonds. The predicted octanol–water partition coefficient (Wildman–Crippen LogP) is 3.27. The number of aliphatic hydroxyl groups excluding tert-OH is 1. The van der Waals surface area contributed by atoms with Gasteiger partial charge in [-0.3, -0.25) is 4.79 Å². The summed E-state index contributed by atoms with van der Waals surface area (Å²) in [7, 11) is 1.88. The van der Waals surface area contributed by atoms with Crippen LogP contribution in [-0.4, -0.2) is 40.3 Å². The summed E-state index contributed by atoms with van der Waals surface area (Å²) in [6.07, 6.45) is 3.57. The molecule has 25 heavy (non-hydrogen) atoms. The van der Waals surface area contributed by atoms with Gasteiger partial charge in [-0.05, 0) is 44.4 Å². The number of benzene rings is 1. The molecule has 0 aliphatic heterocycles. The normalized spacial score (nSPS) is 28.1. The number of aromatic nitrogens is 1. The van der Waals surface area contributed by atoms with Gasteiger partial charge in [0.1, 0.15) is 17.0 Å². The van der Waals surface area contributed by atoms with E-state index in [0.29, 0.717) is 28.9 Å². The van der Waals surface area contributed by atoms with Gasteiger partial charge in [-0.25, -0.2) is 0 Å². The van der Waals surface area contributed by atoms with Crippen molar-refractivity contribution in [3.05, 3.63) is 41.7 Å². The van der Waals surface area contributed by atoms with Gasteiger partial charge in [-0.2, -0.15) is 0 Å². The minimum Gasteiger partial charge on any atom is -0.393 e. The highest BCUT2D eigenvalue weighted by Gasteiger charge is 2.43. The Labute approximate surface area is 147 Å². The van der Waals surface area contributed by atoms with Crippen molar-refractivity contribution in [2.45, 2.75) is 44.8 Å². The van der Waals surface area contributed by atoms with Crippen molar-refractivity contribution in [3.63, 3.8) is 0 Å². The molecule has 5 nitrogen and oxygen atoms in total. The van der Waals surface area contributed by atoms with Crippen molar-refractivity contribution < 1.29 is 14.4 Å². The van der Waals surface area contributed by atoms with Crippen molar-refractivity contribution >= 4 is 5.91 Å². The quantitative estimate of drug-likeness (QED) is 0.931. The van der Waals surface area contributed by atoms with Gasteiger partial charge >= 0.3 is 0 Å². The summed E-state index contributed by atoms with van der Waals surface area (Å²) in [5.74, 6) is 1.63. The van der Waals surface area contributed by atoms with E-state index in [0.717, 1.165) is 31.2 Å². The molecule has 2 aromatic rings. The highest BCUT2D eigenvalue weighted by Crippen LogP contribution is 2.45. The molecule has 2 aliphatic carbocycles. The third-order valence-corrected chi connectivity index (χ3v) is 5.96. The van der Waals surface area contributed by atoms with Crippen LogP contribution in [0.15, 0.2) is 34.9 Å². The molecule has 132 valence electrons. The number of rotatable bonds is 3. The molecular formula is C20H24N2O3. The lowest BCUT2D eigenvalue weighted by atomic mass is 10.0. The van der Waals surface area contributed by atoms with Crippen LogP contribution in [0.25, 0.3) is 11.3 Å². The third kappa shape index (κ3) is 2.86. The average Bonchev–Trinajstić information content (AvgIpc) is 3.26. The van der Waals surface area contributed by atoms with Crippen molar-refractivity contribution in [2.24, 2.45) is 11.8 Å². The molecule has 2 unspecified atom stereocenters. The first kappa shape index (κ1) is 16.3. The average molecular weight is 340 g/mol. The van der Waals surface area contributed by atoms with Crippen LogP contribution in [0.2, 0.25) is 0 Å². The molecule has 0 spiro atoms. The van der Waals surface area contributed by atoms with Crippen LogP contribution in [0, 0.1) is 18.8 Å². The summed E-state index contributed by atoms with van der Waals surface area (Å²) in [6, 6.07) is 9.91. The van der Waals surface area contributed by atoms with Gasteiger partial charge in [0.05, 0.1) is 6.10 Å². The maximum Gasteiger partial charge on any atom is 0.259 e. The number of fused-ring (bicyclic) bond motifs is 1. The molecule has 0 saturated heterocycles. The maximum absolute atomic E-state index is 13.2. The fourth-order valence-electron chi connectivity index (χ4n) is 4.63. The fourth-order valence-corrected chi connectivity index (χ4v) is 4.63. The van der Waals surface area contributed by atoms with E-state index in [1.165, 1.54) is 0 Å². The molecule has 5 heteroatoms.